The Morgan fingerprint density at radius 2 is 2.33 bits per heavy atom. The summed E-state index contributed by atoms with van der Waals surface area (Å²) in [6.07, 6.45) is 3.84. The van der Waals surface area contributed by atoms with Gasteiger partial charge in [-0.2, -0.15) is 0 Å². The van der Waals surface area contributed by atoms with Gasteiger partial charge >= 0.3 is 5.97 Å². The van der Waals surface area contributed by atoms with Crippen molar-refractivity contribution in [2.45, 2.75) is 33.2 Å². The summed E-state index contributed by atoms with van der Waals surface area (Å²) < 4.78 is 7.50. The number of halogens is 1. The fraction of sp³-hybridized carbons (Fsp3) is 0.600. The normalized spacial score (nSPS) is 10.3. The first-order valence-electron chi connectivity index (χ1n) is 5.08. The van der Waals surface area contributed by atoms with E-state index in [1.165, 1.54) is 0 Å². The number of ether oxygens (including phenoxy) is 1. The van der Waals surface area contributed by atoms with Crippen LogP contribution < -0.4 is 0 Å². The van der Waals surface area contributed by atoms with E-state index in [1.54, 1.807) is 13.3 Å². The summed E-state index contributed by atoms with van der Waals surface area (Å²) in [5.74, 6) is -0.375. The quantitative estimate of drug-likeness (QED) is 0.776. The van der Waals surface area contributed by atoms with Gasteiger partial charge < -0.3 is 9.30 Å². The SMILES string of the molecule is CCCCn1cnc(C(=O)OCC)c1Br. The summed E-state index contributed by atoms with van der Waals surface area (Å²) in [5.41, 5.74) is 0.355. The third-order valence-electron chi connectivity index (χ3n) is 2.00. The number of hydrogen-bond acceptors (Lipinski definition) is 3. The lowest BCUT2D eigenvalue weighted by Crippen LogP contribution is -2.06. The molecular weight excluding hydrogens is 260 g/mol. The van der Waals surface area contributed by atoms with E-state index in [9.17, 15) is 4.79 Å². The minimum Gasteiger partial charge on any atom is -0.461 e. The predicted octanol–water partition coefficient (Wildman–Crippen LogP) is 2.62. The van der Waals surface area contributed by atoms with Gasteiger partial charge in [-0.1, -0.05) is 13.3 Å². The Bertz CT molecular complexity index is 336. The van der Waals surface area contributed by atoms with Crippen LogP contribution in [0.4, 0.5) is 0 Å². The molecule has 15 heavy (non-hydrogen) atoms. The molecule has 1 rings (SSSR count). The molecule has 1 heterocycles. The molecule has 1 aromatic heterocycles. The fourth-order valence-corrected chi connectivity index (χ4v) is 1.72. The van der Waals surface area contributed by atoms with Crippen molar-refractivity contribution in [3.05, 3.63) is 16.6 Å². The maximum absolute atomic E-state index is 11.4. The van der Waals surface area contributed by atoms with Crippen LogP contribution in [0, 0.1) is 0 Å². The van der Waals surface area contributed by atoms with Crippen LogP contribution in [-0.2, 0) is 11.3 Å². The molecule has 84 valence electrons. The van der Waals surface area contributed by atoms with Gasteiger partial charge in [0.2, 0.25) is 0 Å². The Morgan fingerprint density at radius 1 is 1.60 bits per heavy atom. The smallest absolute Gasteiger partial charge is 0.359 e. The van der Waals surface area contributed by atoms with Crippen molar-refractivity contribution >= 4 is 21.9 Å². The van der Waals surface area contributed by atoms with E-state index >= 15 is 0 Å². The van der Waals surface area contributed by atoms with Gasteiger partial charge in [0, 0.05) is 6.54 Å². The van der Waals surface area contributed by atoms with Crippen LogP contribution in [0.1, 0.15) is 37.2 Å². The van der Waals surface area contributed by atoms with Gasteiger partial charge in [-0.25, -0.2) is 9.78 Å². The number of carbonyl (C=O) groups excluding carboxylic acids is 1. The predicted molar refractivity (Wildman–Crippen MR) is 60.8 cm³/mol. The van der Waals surface area contributed by atoms with Crippen LogP contribution in [0.15, 0.2) is 10.9 Å². The minimum atomic E-state index is -0.375. The van der Waals surface area contributed by atoms with Crippen molar-refractivity contribution < 1.29 is 9.53 Å². The standard InChI is InChI=1S/C10H15BrN2O2/c1-3-5-6-13-7-12-8(9(13)11)10(14)15-4-2/h7H,3-6H2,1-2H3. The molecule has 1 aromatic rings. The summed E-state index contributed by atoms with van der Waals surface area (Å²) >= 11 is 3.35. The van der Waals surface area contributed by atoms with Crippen molar-refractivity contribution in [1.82, 2.24) is 9.55 Å². The average molecular weight is 275 g/mol. The molecule has 0 aliphatic heterocycles. The van der Waals surface area contributed by atoms with Crippen LogP contribution >= 0.6 is 15.9 Å². The number of rotatable bonds is 5. The number of esters is 1. The van der Waals surface area contributed by atoms with Gasteiger partial charge in [0.05, 0.1) is 12.9 Å². The van der Waals surface area contributed by atoms with Crippen molar-refractivity contribution in [2.24, 2.45) is 0 Å². The van der Waals surface area contributed by atoms with Crippen molar-refractivity contribution in [3.63, 3.8) is 0 Å². The molecule has 0 N–H and O–H groups in total. The average Bonchev–Trinajstić information content (AvgIpc) is 2.57. The van der Waals surface area contributed by atoms with Crippen molar-refractivity contribution in [1.29, 1.82) is 0 Å². The monoisotopic (exact) mass is 274 g/mol. The molecule has 0 saturated heterocycles. The van der Waals surface area contributed by atoms with E-state index in [2.05, 4.69) is 27.8 Å². The van der Waals surface area contributed by atoms with Gasteiger partial charge in [0.25, 0.3) is 0 Å². The van der Waals surface area contributed by atoms with Crippen LogP contribution in [0.2, 0.25) is 0 Å². The highest BCUT2D eigenvalue weighted by atomic mass is 79.9. The van der Waals surface area contributed by atoms with Gasteiger partial charge in [0.1, 0.15) is 4.60 Å². The van der Waals surface area contributed by atoms with Crippen molar-refractivity contribution in [3.8, 4) is 0 Å². The third-order valence-corrected chi connectivity index (χ3v) is 2.83. The lowest BCUT2D eigenvalue weighted by Gasteiger charge is -2.02. The summed E-state index contributed by atoms with van der Waals surface area (Å²) in [7, 11) is 0. The lowest BCUT2D eigenvalue weighted by atomic mass is 10.3. The molecule has 0 bridgehead atoms. The number of carbonyl (C=O) groups is 1. The van der Waals surface area contributed by atoms with E-state index in [1.807, 2.05) is 4.57 Å². The Morgan fingerprint density at radius 3 is 2.93 bits per heavy atom. The summed E-state index contributed by atoms with van der Waals surface area (Å²) in [4.78, 5) is 15.5. The van der Waals surface area contributed by atoms with Gasteiger partial charge in [-0.05, 0) is 29.3 Å². The van der Waals surface area contributed by atoms with Crippen LogP contribution in [0.25, 0.3) is 0 Å². The van der Waals surface area contributed by atoms with E-state index in [4.69, 9.17) is 4.74 Å². The first-order chi connectivity index (χ1) is 7.20. The summed E-state index contributed by atoms with van der Waals surface area (Å²) in [6.45, 7) is 5.13. The molecule has 0 aliphatic rings. The highest BCUT2D eigenvalue weighted by molar-refractivity contribution is 9.10. The number of imidazole rings is 1. The number of hydrogen-bond donors (Lipinski definition) is 0. The van der Waals surface area contributed by atoms with E-state index < -0.39 is 0 Å². The zero-order chi connectivity index (χ0) is 11.3. The molecule has 0 aliphatic carbocycles. The van der Waals surface area contributed by atoms with Gasteiger partial charge in [-0.15, -0.1) is 0 Å². The Balaban J connectivity index is 2.74. The highest BCUT2D eigenvalue weighted by Crippen LogP contribution is 2.17. The first-order valence-corrected chi connectivity index (χ1v) is 5.87. The number of nitrogens with zero attached hydrogens (tertiary/aromatic N) is 2. The van der Waals surface area contributed by atoms with Crippen LogP contribution in [0.5, 0.6) is 0 Å². The Labute approximate surface area is 97.8 Å². The van der Waals surface area contributed by atoms with Crippen LogP contribution in [-0.4, -0.2) is 22.1 Å². The Kier molecular flexibility index (Phi) is 4.81. The van der Waals surface area contributed by atoms with E-state index in [0.29, 0.717) is 16.9 Å². The minimum absolute atomic E-state index is 0.355. The second kappa shape index (κ2) is 5.90. The number of unbranched alkanes of at least 4 members (excludes halogenated alkanes) is 1. The molecule has 4 nitrogen and oxygen atoms in total. The first kappa shape index (κ1) is 12.2. The highest BCUT2D eigenvalue weighted by Gasteiger charge is 2.16. The third kappa shape index (κ3) is 3.06. The van der Waals surface area contributed by atoms with E-state index in [0.717, 1.165) is 19.4 Å². The maximum Gasteiger partial charge on any atom is 0.359 e. The van der Waals surface area contributed by atoms with Crippen molar-refractivity contribution in [2.75, 3.05) is 6.61 Å². The number of aryl methyl sites for hydroxylation is 1. The van der Waals surface area contributed by atoms with Gasteiger partial charge in [0.15, 0.2) is 5.69 Å². The lowest BCUT2D eigenvalue weighted by molar-refractivity contribution is 0.0518. The topological polar surface area (TPSA) is 44.1 Å². The molecule has 0 fully saturated rings. The largest absolute Gasteiger partial charge is 0.461 e. The molecule has 0 unspecified atom stereocenters. The zero-order valence-electron chi connectivity index (χ0n) is 8.99. The summed E-state index contributed by atoms with van der Waals surface area (Å²) in [5, 5.41) is 0. The molecular formula is C10H15BrN2O2. The second-order valence-electron chi connectivity index (χ2n) is 3.15. The summed E-state index contributed by atoms with van der Waals surface area (Å²) in [6, 6.07) is 0. The van der Waals surface area contributed by atoms with E-state index in [-0.39, 0.29) is 5.97 Å². The fourth-order valence-electron chi connectivity index (χ4n) is 1.19. The zero-order valence-corrected chi connectivity index (χ0v) is 10.6. The molecule has 0 radical (unpaired) electrons. The maximum atomic E-state index is 11.4. The molecule has 0 atom stereocenters. The van der Waals surface area contributed by atoms with Gasteiger partial charge in [-0.3, -0.25) is 0 Å². The molecule has 0 aromatic carbocycles. The molecule has 0 saturated carbocycles. The second-order valence-corrected chi connectivity index (χ2v) is 3.90. The Hall–Kier alpha value is -0.840. The molecule has 5 heteroatoms. The molecule has 0 spiro atoms. The van der Waals surface area contributed by atoms with Crippen LogP contribution in [0.3, 0.4) is 0 Å². The number of aromatic nitrogens is 2. The molecule has 0 amide bonds.